The summed E-state index contributed by atoms with van der Waals surface area (Å²) in [7, 11) is 0. The fourth-order valence-corrected chi connectivity index (χ4v) is 2.51. The summed E-state index contributed by atoms with van der Waals surface area (Å²) in [5.41, 5.74) is 3.06. The average Bonchev–Trinajstić information content (AvgIpc) is 2.45. The Morgan fingerprint density at radius 2 is 1.90 bits per heavy atom. The minimum atomic E-state index is -0.448. The fraction of sp³-hybridized carbons (Fsp3) is 0.562. The molecule has 0 spiro atoms. The number of carbonyl (C=O) groups is 1. The summed E-state index contributed by atoms with van der Waals surface area (Å²) in [5.74, 6) is 0.161. The lowest BCUT2D eigenvalue weighted by Gasteiger charge is -2.17. The minimum absolute atomic E-state index is 0.0739. The molecule has 0 saturated carbocycles. The van der Waals surface area contributed by atoms with Crippen molar-refractivity contribution in [2.24, 2.45) is 0 Å². The fourth-order valence-electron chi connectivity index (χ4n) is 2.37. The number of hydrogen-bond acceptors (Lipinski definition) is 3. The van der Waals surface area contributed by atoms with Crippen molar-refractivity contribution in [2.75, 3.05) is 12.5 Å². The van der Waals surface area contributed by atoms with Gasteiger partial charge in [0, 0.05) is 5.88 Å². The van der Waals surface area contributed by atoms with Gasteiger partial charge in [0.25, 0.3) is 0 Å². The van der Waals surface area contributed by atoms with Gasteiger partial charge in [0.1, 0.15) is 11.3 Å². The van der Waals surface area contributed by atoms with Gasteiger partial charge in [0.2, 0.25) is 0 Å². The largest absolute Gasteiger partial charge is 0.507 e. The minimum Gasteiger partial charge on any atom is -0.507 e. The molecule has 1 aromatic carbocycles. The van der Waals surface area contributed by atoms with Gasteiger partial charge in [-0.25, -0.2) is 4.79 Å². The van der Waals surface area contributed by atoms with Gasteiger partial charge in [0.15, 0.2) is 0 Å². The zero-order chi connectivity index (χ0) is 15.1. The lowest BCUT2D eigenvalue weighted by molar-refractivity contribution is 0.0521. The quantitative estimate of drug-likeness (QED) is 0.614. The molecule has 3 nitrogen and oxygen atoms in total. The van der Waals surface area contributed by atoms with Crippen LogP contribution in [0.15, 0.2) is 6.07 Å². The molecule has 4 heteroatoms. The summed E-state index contributed by atoms with van der Waals surface area (Å²) in [6.45, 7) is 6.07. The summed E-state index contributed by atoms with van der Waals surface area (Å²) >= 11 is 5.74. The molecule has 0 fully saturated rings. The van der Waals surface area contributed by atoms with Gasteiger partial charge in [-0.3, -0.25) is 0 Å². The van der Waals surface area contributed by atoms with E-state index in [9.17, 15) is 9.90 Å². The monoisotopic (exact) mass is 298 g/mol. The summed E-state index contributed by atoms with van der Waals surface area (Å²) < 4.78 is 5.06. The number of hydrogen-bond donors (Lipinski definition) is 1. The first-order chi connectivity index (χ1) is 9.60. The first-order valence-electron chi connectivity index (χ1n) is 7.20. The van der Waals surface area contributed by atoms with Crippen LogP contribution in [0.3, 0.4) is 0 Å². The van der Waals surface area contributed by atoms with Crippen LogP contribution in [0.4, 0.5) is 0 Å². The normalized spacial score (nSPS) is 10.6. The smallest absolute Gasteiger partial charge is 0.342 e. The molecule has 0 atom stereocenters. The number of phenols is 1. The third kappa shape index (κ3) is 3.66. The van der Waals surface area contributed by atoms with E-state index in [1.165, 1.54) is 0 Å². The van der Waals surface area contributed by atoms with E-state index in [0.29, 0.717) is 30.9 Å². The van der Waals surface area contributed by atoms with Gasteiger partial charge < -0.3 is 9.84 Å². The summed E-state index contributed by atoms with van der Waals surface area (Å²) in [6.07, 6.45) is 2.95. The van der Waals surface area contributed by atoms with Gasteiger partial charge in [0.05, 0.1) is 6.61 Å². The molecule has 0 saturated heterocycles. The van der Waals surface area contributed by atoms with Crippen molar-refractivity contribution in [1.29, 1.82) is 0 Å². The molecule has 1 N–H and O–H groups in total. The Labute approximate surface area is 125 Å². The molecule has 0 aliphatic carbocycles. The Morgan fingerprint density at radius 1 is 1.25 bits per heavy atom. The molecule has 112 valence electrons. The van der Waals surface area contributed by atoms with Gasteiger partial charge in [-0.15, -0.1) is 11.6 Å². The van der Waals surface area contributed by atoms with Crippen molar-refractivity contribution in [3.05, 3.63) is 28.3 Å². The van der Waals surface area contributed by atoms with E-state index in [-0.39, 0.29) is 5.75 Å². The summed E-state index contributed by atoms with van der Waals surface area (Å²) in [4.78, 5) is 12.1. The van der Waals surface area contributed by atoms with Crippen molar-refractivity contribution >= 4 is 17.6 Å². The highest BCUT2D eigenvalue weighted by Gasteiger charge is 2.22. The zero-order valence-corrected chi connectivity index (χ0v) is 13.2. The molecule has 0 aromatic heterocycles. The second kappa shape index (κ2) is 8.15. The molecule has 1 rings (SSSR count). The molecule has 0 amide bonds. The molecular formula is C16H23ClO3. The lowest BCUT2D eigenvalue weighted by atomic mass is 9.92. The van der Waals surface area contributed by atoms with E-state index in [1.54, 1.807) is 6.92 Å². The molecule has 0 bridgehead atoms. The van der Waals surface area contributed by atoms with E-state index in [1.807, 2.05) is 19.9 Å². The maximum absolute atomic E-state index is 12.1. The zero-order valence-electron chi connectivity index (χ0n) is 12.5. The molecule has 0 radical (unpaired) electrons. The van der Waals surface area contributed by atoms with E-state index in [4.69, 9.17) is 16.3 Å². The SMILES string of the molecule is CCOC(=O)c1c(CC)cc(CC)c(CCCCl)c1O. The van der Waals surface area contributed by atoms with E-state index in [2.05, 4.69) is 0 Å². The van der Waals surface area contributed by atoms with Crippen LogP contribution < -0.4 is 0 Å². The maximum atomic E-state index is 12.1. The van der Waals surface area contributed by atoms with Gasteiger partial charge in [-0.2, -0.15) is 0 Å². The maximum Gasteiger partial charge on any atom is 0.342 e. The van der Waals surface area contributed by atoms with Crippen molar-refractivity contribution < 1.29 is 14.6 Å². The summed E-state index contributed by atoms with van der Waals surface area (Å²) in [5, 5.41) is 10.5. The number of benzene rings is 1. The topological polar surface area (TPSA) is 46.5 Å². The Bertz CT molecular complexity index is 469. The van der Waals surface area contributed by atoms with E-state index < -0.39 is 5.97 Å². The van der Waals surface area contributed by atoms with E-state index >= 15 is 0 Å². The first-order valence-corrected chi connectivity index (χ1v) is 7.73. The molecule has 1 aromatic rings. The van der Waals surface area contributed by atoms with Crippen LogP contribution in [0.1, 0.15) is 54.2 Å². The second-order valence-corrected chi connectivity index (χ2v) is 5.00. The second-order valence-electron chi connectivity index (χ2n) is 4.62. The highest BCUT2D eigenvalue weighted by molar-refractivity contribution is 6.17. The predicted molar refractivity (Wildman–Crippen MR) is 81.9 cm³/mol. The number of carbonyl (C=O) groups excluding carboxylic acids is 1. The lowest BCUT2D eigenvalue weighted by Crippen LogP contribution is -2.11. The van der Waals surface area contributed by atoms with Gasteiger partial charge >= 0.3 is 5.97 Å². The van der Waals surface area contributed by atoms with Crippen LogP contribution in [-0.2, 0) is 24.0 Å². The average molecular weight is 299 g/mol. The Kier molecular flexibility index (Phi) is 6.86. The Morgan fingerprint density at radius 3 is 2.40 bits per heavy atom. The third-order valence-corrected chi connectivity index (χ3v) is 3.65. The summed E-state index contributed by atoms with van der Waals surface area (Å²) in [6, 6.07) is 2.01. The number of ether oxygens (including phenoxy) is 1. The molecule has 0 aliphatic heterocycles. The van der Waals surface area contributed by atoms with Crippen LogP contribution in [0.5, 0.6) is 5.75 Å². The molecule has 20 heavy (non-hydrogen) atoms. The predicted octanol–water partition coefficient (Wildman–Crippen LogP) is 3.87. The van der Waals surface area contributed by atoms with Crippen LogP contribution in [0, 0.1) is 0 Å². The van der Waals surface area contributed by atoms with Gasteiger partial charge in [-0.1, -0.05) is 19.9 Å². The van der Waals surface area contributed by atoms with Crippen molar-refractivity contribution in [3.63, 3.8) is 0 Å². The highest BCUT2D eigenvalue weighted by atomic mass is 35.5. The number of halogens is 1. The Balaban J connectivity index is 3.36. The number of esters is 1. The van der Waals surface area contributed by atoms with E-state index in [0.717, 1.165) is 29.5 Å². The highest BCUT2D eigenvalue weighted by Crippen LogP contribution is 2.32. The number of alkyl halides is 1. The third-order valence-electron chi connectivity index (χ3n) is 3.38. The van der Waals surface area contributed by atoms with Crippen molar-refractivity contribution in [3.8, 4) is 5.75 Å². The molecule has 0 heterocycles. The van der Waals surface area contributed by atoms with Gasteiger partial charge in [-0.05, 0) is 49.3 Å². The number of phenolic OH excluding ortho intramolecular Hbond substituents is 1. The Hall–Kier alpha value is -1.22. The van der Waals surface area contributed by atoms with Crippen LogP contribution in [0.25, 0.3) is 0 Å². The standard InChI is InChI=1S/C16H23ClO3/c1-4-11-10-12(5-2)14(16(19)20-6-3)15(18)13(11)8-7-9-17/h10,18H,4-9H2,1-3H3. The molecule has 0 aliphatic rings. The van der Waals surface area contributed by atoms with Crippen LogP contribution in [-0.4, -0.2) is 23.6 Å². The van der Waals surface area contributed by atoms with Crippen molar-refractivity contribution in [1.82, 2.24) is 0 Å². The first kappa shape index (κ1) is 16.8. The van der Waals surface area contributed by atoms with Crippen molar-refractivity contribution in [2.45, 2.75) is 46.5 Å². The number of aromatic hydroxyl groups is 1. The number of rotatable bonds is 7. The molecule has 0 unspecified atom stereocenters. The molecular weight excluding hydrogens is 276 g/mol. The number of aryl methyl sites for hydroxylation is 2. The van der Waals surface area contributed by atoms with Crippen LogP contribution in [0.2, 0.25) is 0 Å². The van der Waals surface area contributed by atoms with Crippen LogP contribution >= 0.6 is 11.6 Å².